The number of benzene rings is 2. The number of allylic oxidation sites excluding steroid dienone is 2. The maximum Gasteiger partial charge on any atom is 0.320 e. The highest BCUT2D eigenvalue weighted by Crippen LogP contribution is 2.27. The number of hydrogen-bond donors (Lipinski definition) is 2. The van der Waals surface area contributed by atoms with Gasteiger partial charge in [-0.05, 0) is 26.0 Å². The molecule has 31 heavy (non-hydrogen) atoms. The highest BCUT2D eigenvalue weighted by atomic mass is 16.5. The first-order valence-corrected chi connectivity index (χ1v) is 9.78. The first-order chi connectivity index (χ1) is 14.8. The summed E-state index contributed by atoms with van der Waals surface area (Å²) >= 11 is 0. The normalized spacial score (nSPS) is 19.4. The smallest absolute Gasteiger partial charge is 0.320 e. The number of nitrogens with one attached hydrogen (secondary N) is 1. The molecule has 0 aliphatic carbocycles. The molecule has 8 nitrogen and oxygen atoms in total. The number of carbonyl (C=O) groups is 4. The van der Waals surface area contributed by atoms with E-state index in [2.05, 4.69) is 5.43 Å². The Morgan fingerprint density at radius 3 is 2.32 bits per heavy atom. The standard InChI is InChI=1S/C23H23N3O5/c1-3-31-23(30)19-20(28)17(13-18(27)15-11-9-14(2)10-12-15)26(21(19)24)25-22(29)16-7-5-4-6-8-16/h4-13,19,21H,3,24H2,1-2H3,(H,25,29). The summed E-state index contributed by atoms with van der Waals surface area (Å²) in [4.78, 5) is 50.7. The zero-order valence-electron chi connectivity index (χ0n) is 17.2. The molecular formula is C23H23N3O5. The quantitative estimate of drug-likeness (QED) is 0.316. The Bertz CT molecular complexity index is 1030. The van der Waals surface area contributed by atoms with Crippen molar-refractivity contribution in [2.24, 2.45) is 11.7 Å². The number of nitrogens with two attached hydrogens (primary N) is 1. The molecular weight excluding hydrogens is 398 g/mol. The molecule has 0 saturated carbocycles. The van der Waals surface area contributed by atoms with E-state index in [0.29, 0.717) is 11.1 Å². The highest BCUT2D eigenvalue weighted by Gasteiger charge is 2.48. The van der Waals surface area contributed by atoms with Crippen LogP contribution in [0.15, 0.2) is 66.4 Å². The van der Waals surface area contributed by atoms with Gasteiger partial charge >= 0.3 is 5.97 Å². The molecule has 2 unspecified atom stereocenters. The summed E-state index contributed by atoms with van der Waals surface area (Å²) in [6, 6.07) is 15.1. The van der Waals surface area contributed by atoms with E-state index < -0.39 is 35.5 Å². The molecule has 3 N–H and O–H groups in total. The Labute approximate surface area is 179 Å². The first-order valence-electron chi connectivity index (χ1n) is 9.78. The molecule has 1 aliphatic rings. The molecule has 0 bridgehead atoms. The van der Waals surface area contributed by atoms with E-state index in [4.69, 9.17) is 10.5 Å². The maximum atomic E-state index is 13.0. The van der Waals surface area contributed by atoms with Crippen LogP contribution in [0.5, 0.6) is 0 Å². The molecule has 1 saturated heterocycles. The Morgan fingerprint density at radius 1 is 1.06 bits per heavy atom. The van der Waals surface area contributed by atoms with E-state index >= 15 is 0 Å². The van der Waals surface area contributed by atoms with Gasteiger partial charge in [-0.3, -0.25) is 29.6 Å². The average Bonchev–Trinajstić information content (AvgIpc) is 2.98. The number of ether oxygens (including phenoxy) is 1. The van der Waals surface area contributed by atoms with E-state index in [1.807, 2.05) is 6.92 Å². The fourth-order valence-electron chi connectivity index (χ4n) is 3.19. The number of rotatable bonds is 6. The van der Waals surface area contributed by atoms with Crippen LogP contribution >= 0.6 is 0 Å². The minimum absolute atomic E-state index is 0.0626. The van der Waals surface area contributed by atoms with E-state index in [1.165, 1.54) is 0 Å². The van der Waals surface area contributed by atoms with Crippen molar-refractivity contribution in [3.8, 4) is 0 Å². The predicted octanol–water partition coefficient (Wildman–Crippen LogP) is 1.76. The van der Waals surface area contributed by atoms with Crippen LogP contribution in [0.4, 0.5) is 0 Å². The zero-order valence-corrected chi connectivity index (χ0v) is 17.2. The van der Waals surface area contributed by atoms with Gasteiger partial charge in [-0.2, -0.15) is 0 Å². The number of hydrazine groups is 1. The second-order valence-corrected chi connectivity index (χ2v) is 7.02. The number of nitrogens with zero attached hydrogens (tertiary/aromatic N) is 1. The third-order valence-electron chi connectivity index (χ3n) is 4.84. The fraction of sp³-hybridized carbons (Fsp3) is 0.217. The second-order valence-electron chi connectivity index (χ2n) is 7.02. The summed E-state index contributed by atoms with van der Waals surface area (Å²) < 4.78 is 4.96. The summed E-state index contributed by atoms with van der Waals surface area (Å²) in [6.45, 7) is 3.56. The van der Waals surface area contributed by atoms with Gasteiger partial charge in [-0.25, -0.2) is 0 Å². The Morgan fingerprint density at radius 2 is 1.71 bits per heavy atom. The lowest BCUT2D eigenvalue weighted by molar-refractivity contribution is -0.151. The van der Waals surface area contributed by atoms with Crippen LogP contribution in [0, 0.1) is 12.8 Å². The number of esters is 1. The minimum atomic E-state index is -1.37. The van der Waals surface area contributed by atoms with Crippen LogP contribution in [-0.2, 0) is 14.3 Å². The van der Waals surface area contributed by atoms with Crippen molar-refractivity contribution in [2.75, 3.05) is 6.61 Å². The highest BCUT2D eigenvalue weighted by molar-refractivity contribution is 6.16. The second kappa shape index (κ2) is 9.36. The average molecular weight is 421 g/mol. The van der Waals surface area contributed by atoms with Gasteiger partial charge < -0.3 is 10.5 Å². The molecule has 160 valence electrons. The van der Waals surface area contributed by atoms with Crippen molar-refractivity contribution in [3.05, 3.63) is 83.1 Å². The largest absolute Gasteiger partial charge is 0.465 e. The SMILES string of the molecule is CCOC(=O)C1C(=O)C(=CC(=O)c2ccc(C)cc2)N(NC(=O)c2ccccc2)C1N. The minimum Gasteiger partial charge on any atom is -0.465 e. The molecule has 0 aromatic heterocycles. The van der Waals surface area contributed by atoms with Gasteiger partial charge in [0.2, 0.25) is 0 Å². The first kappa shape index (κ1) is 21.9. The Kier molecular flexibility index (Phi) is 6.61. The van der Waals surface area contributed by atoms with Gasteiger partial charge in [0, 0.05) is 17.2 Å². The van der Waals surface area contributed by atoms with Gasteiger partial charge in [0.1, 0.15) is 11.9 Å². The molecule has 2 atom stereocenters. The van der Waals surface area contributed by atoms with Crippen LogP contribution in [0.3, 0.4) is 0 Å². The van der Waals surface area contributed by atoms with Crippen molar-refractivity contribution >= 4 is 23.4 Å². The van der Waals surface area contributed by atoms with E-state index in [-0.39, 0.29) is 12.3 Å². The van der Waals surface area contributed by atoms with E-state index in [1.54, 1.807) is 61.5 Å². The van der Waals surface area contributed by atoms with Gasteiger partial charge in [-0.15, -0.1) is 0 Å². The van der Waals surface area contributed by atoms with Gasteiger partial charge in [0.05, 0.1) is 6.61 Å². The lowest BCUT2D eigenvalue weighted by Gasteiger charge is -2.25. The summed E-state index contributed by atoms with van der Waals surface area (Å²) in [5.41, 5.74) is 10.1. The molecule has 1 aliphatic heterocycles. The van der Waals surface area contributed by atoms with Crippen molar-refractivity contribution < 1.29 is 23.9 Å². The van der Waals surface area contributed by atoms with E-state index in [9.17, 15) is 19.2 Å². The van der Waals surface area contributed by atoms with Crippen LogP contribution in [0.25, 0.3) is 0 Å². The summed E-state index contributed by atoms with van der Waals surface area (Å²) in [7, 11) is 0. The molecule has 8 heteroatoms. The van der Waals surface area contributed by atoms with Crippen LogP contribution in [0.1, 0.15) is 33.2 Å². The number of aryl methyl sites for hydroxylation is 1. The number of hydrogen-bond acceptors (Lipinski definition) is 7. The van der Waals surface area contributed by atoms with Gasteiger partial charge in [-0.1, -0.05) is 48.0 Å². The van der Waals surface area contributed by atoms with Crippen molar-refractivity contribution in [3.63, 3.8) is 0 Å². The molecule has 1 heterocycles. The molecule has 2 aromatic rings. The third kappa shape index (κ3) is 4.70. The van der Waals surface area contributed by atoms with E-state index in [0.717, 1.165) is 16.6 Å². The van der Waals surface area contributed by atoms with Crippen LogP contribution < -0.4 is 11.2 Å². The van der Waals surface area contributed by atoms with Gasteiger partial charge in [0.25, 0.3) is 5.91 Å². The van der Waals surface area contributed by atoms with Crippen LogP contribution in [-0.4, -0.2) is 41.2 Å². The molecule has 2 aromatic carbocycles. The summed E-state index contributed by atoms with van der Waals surface area (Å²) in [5.74, 6) is -3.88. The molecule has 3 rings (SSSR count). The molecule has 0 radical (unpaired) electrons. The predicted molar refractivity (Wildman–Crippen MR) is 112 cm³/mol. The molecule has 1 amide bonds. The number of amides is 1. The third-order valence-corrected chi connectivity index (χ3v) is 4.84. The Hall–Kier alpha value is -3.78. The number of ketones is 2. The lowest BCUT2D eigenvalue weighted by atomic mass is 10.0. The molecule has 0 spiro atoms. The number of Topliss-reactive ketones (excluding diaryl/α,β-unsaturated/α-hetero) is 1. The van der Waals surface area contributed by atoms with Crippen molar-refractivity contribution in [2.45, 2.75) is 20.0 Å². The topological polar surface area (TPSA) is 119 Å². The lowest BCUT2D eigenvalue weighted by Crippen LogP contribution is -2.51. The van der Waals surface area contributed by atoms with Crippen molar-refractivity contribution in [1.29, 1.82) is 0 Å². The Balaban J connectivity index is 1.96. The maximum absolute atomic E-state index is 13.0. The van der Waals surface area contributed by atoms with Crippen LogP contribution in [0.2, 0.25) is 0 Å². The summed E-state index contributed by atoms with van der Waals surface area (Å²) in [6.07, 6.45) is -0.145. The zero-order chi connectivity index (χ0) is 22.5. The van der Waals surface area contributed by atoms with Crippen molar-refractivity contribution in [1.82, 2.24) is 10.4 Å². The molecule has 1 fully saturated rings. The summed E-state index contributed by atoms with van der Waals surface area (Å²) in [5, 5.41) is 1.06. The number of carbonyl (C=O) groups excluding carboxylic acids is 4. The monoisotopic (exact) mass is 421 g/mol. The fourth-order valence-corrected chi connectivity index (χ4v) is 3.19. The van der Waals surface area contributed by atoms with Gasteiger partial charge in [0.15, 0.2) is 17.5 Å².